The second-order valence-corrected chi connectivity index (χ2v) is 4.97. The zero-order valence-electron chi connectivity index (χ0n) is 10.5. The van der Waals surface area contributed by atoms with Crippen molar-refractivity contribution in [2.24, 2.45) is 5.92 Å². The second kappa shape index (κ2) is 7.33. The lowest BCUT2D eigenvalue weighted by Gasteiger charge is -2.07. The molecule has 0 saturated heterocycles. The van der Waals surface area contributed by atoms with Crippen molar-refractivity contribution in [3.63, 3.8) is 0 Å². The Hall–Kier alpha value is -1.02. The molecular formula is C14H20ClNO. The molecule has 0 spiro atoms. The fraction of sp³-hybridized carbons (Fsp3) is 0.500. The van der Waals surface area contributed by atoms with Crippen LogP contribution in [0.1, 0.15) is 32.3 Å². The van der Waals surface area contributed by atoms with Crippen LogP contribution in [0.3, 0.4) is 0 Å². The van der Waals surface area contributed by atoms with Crippen LogP contribution in [0.5, 0.6) is 0 Å². The lowest BCUT2D eigenvalue weighted by molar-refractivity contribution is -0.123. The Kier molecular flexibility index (Phi) is 6.06. The number of hydrogen-bond donors (Lipinski definition) is 1. The molecule has 0 aliphatic carbocycles. The summed E-state index contributed by atoms with van der Waals surface area (Å²) in [5.74, 6) is 0.211. The van der Waals surface area contributed by atoms with Crippen molar-refractivity contribution in [3.05, 3.63) is 34.9 Å². The normalized spacial score (nSPS) is 10.6. The van der Waals surface area contributed by atoms with Gasteiger partial charge in [0.15, 0.2) is 0 Å². The molecule has 0 atom stereocenters. The predicted octanol–water partition coefficient (Wildman–Crippen LogP) is 3.43. The number of hydrogen-bond acceptors (Lipinski definition) is 1. The van der Waals surface area contributed by atoms with Crippen molar-refractivity contribution >= 4 is 17.5 Å². The first-order valence-corrected chi connectivity index (χ1v) is 6.49. The predicted molar refractivity (Wildman–Crippen MR) is 72.2 cm³/mol. The van der Waals surface area contributed by atoms with E-state index in [-0.39, 0.29) is 11.8 Å². The summed E-state index contributed by atoms with van der Waals surface area (Å²) in [5, 5.41) is 3.69. The van der Waals surface area contributed by atoms with Gasteiger partial charge in [0.2, 0.25) is 5.91 Å². The SMILES string of the molecule is CC(C)C(=O)NCCCCc1ccc(Cl)cc1. The van der Waals surface area contributed by atoms with E-state index in [0.29, 0.717) is 0 Å². The first kappa shape index (κ1) is 14.0. The second-order valence-electron chi connectivity index (χ2n) is 4.53. The lowest BCUT2D eigenvalue weighted by atomic mass is 10.1. The van der Waals surface area contributed by atoms with Crippen LogP contribution < -0.4 is 5.32 Å². The van der Waals surface area contributed by atoms with Gasteiger partial charge in [-0.05, 0) is 37.0 Å². The van der Waals surface area contributed by atoms with Gasteiger partial charge < -0.3 is 5.32 Å². The standard InChI is InChI=1S/C14H20ClNO/c1-11(2)14(17)16-10-4-3-5-12-6-8-13(15)9-7-12/h6-9,11H,3-5,10H2,1-2H3,(H,16,17). The van der Waals surface area contributed by atoms with Gasteiger partial charge >= 0.3 is 0 Å². The van der Waals surface area contributed by atoms with Gasteiger partial charge in [-0.15, -0.1) is 0 Å². The van der Waals surface area contributed by atoms with Crippen LogP contribution in [0.25, 0.3) is 0 Å². The molecule has 1 amide bonds. The third-order valence-electron chi connectivity index (χ3n) is 2.63. The van der Waals surface area contributed by atoms with E-state index >= 15 is 0 Å². The fourth-order valence-corrected chi connectivity index (χ4v) is 1.65. The van der Waals surface area contributed by atoms with Gasteiger partial charge in [-0.1, -0.05) is 37.6 Å². The molecule has 0 bridgehead atoms. The average Bonchev–Trinajstić information content (AvgIpc) is 2.30. The number of carbonyl (C=O) groups excluding carboxylic acids is 1. The lowest BCUT2D eigenvalue weighted by Crippen LogP contribution is -2.28. The van der Waals surface area contributed by atoms with Crippen molar-refractivity contribution in [2.75, 3.05) is 6.54 Å². The maximum Gasteiger partial charge on any atom is 0.222 e. The van der Waals surface area contributed by atoms with E-state index < -0.39 is 0 Å². The number of halogens is 1. The minimum Gasteiger partial charge on any atom is -0.356 e. The van der Waals surface area contributed by atoms with E-state index in [2.05, 4.69) is 17.4 Å². The molecule has 0 aliphatic rings. The number of rotatable bonds is 6. The van der Waals surface area contributed by atoms with E-state index in [1.165, 1.54) is 5.56 Å². The quantitative estimate of drug-likeness (QED) is 0.774. The van der Waals surface area contributed by atoms with Gasteiger partial charge in [-0.2, -0.15) is 0 Å². The molecule has 1 aromatic carbocycles. The van der Waals surface area contributed by atoms with Crippen LogP contribution in [0, 0.1) is 5.92 Å². The van der Waals surface area contributed by atoms with Gasteiger partial charge in [-0.3, -0.25) is 4.79 Å². The topological polar surface area (TPSA) is 29.1 Å². The summed E-state index contributed by atoms with van der Waals surface area (Å²) >= 11 is 5.81. The highest BCUT2D eigenvalue weighted by atomic mass is 35.5. The van der Waals surface area contributed by atoms with Crippen molar-refractivity contribution < 1.29 is 4.79 Å². The summed E-state index contributed by atoms with van der Waals surface area (Å²) in [4.78, 5) is 11.3. The first-order valence-electron chi connectivity index (χ1n) is 6.11. The first-order chi connectivity index (χ1) is 8.09. The minimum absolute atomic E-state index is 0.0752. The molecule has 1 N–H and O–H groups in total. The largest absolute Gasteiger partial charge is 0.356 e. The molecule has 1 aromatic rings. The van der Waals surface area contributed by atoms with Gasteiger partial charge in [0.05, 0.1) is 0 Å². The Balaban J connectivity index is 2.12. The molecule has 94 valence electrons. The molecule has 0 heterocycles. The van der Waals surface area contributed by atoms with Gasteiger partial charge in [0.25, 0.3) is 0 Å². The molecule has 0 unspecified atom stereocenters. The molecule has 17 heavy (non-hydrogen) atoms. The molecule has 0 fully saturated rings. The van der Waals surface area contributed by atoms with Crippen molar-refractivity contribution in [3.8, 4) is 0 Å². The average molecular weight is 254 g/mol. The number of nitrogens with one attached hydrogen (secondary N) is 1. The molecule has 1 rings (SSSR count). The summed E-state index contributed by atoms with van der Waals surface area (Å²) < 4.78 is 0. The van der Waals surface area contributed by atoms with Crippen LogP contribution >= 0.6 is 11.6 Å². The molecule has 0 saturated carbocycles. The Bertz CT molecular complexity index is 346. The zero-order valence-corrected chi connectivity index (χ0v) is 11.3. The number of unbranched alkanes of at least 4 members (excludes halogenated alkanes) is 1. The Labute approximate surface area is 108 Å². The number of aryl methyl sites for hydroxylation is 1. The summed E-state index contributed by atoms with van der Waals surface area (Å²) in [7, 11) is 0. The highest BCUT2D eigenvalue weighted by Crippen LogP contribution is 2.11. The van der Waals surface area contributed by atoms with Crippen molar-refractivity contribution in [2.45, 2.75) is 33.1 Å². The van der Waals surface area contributed by atoms with Crippen LogP contribution in [-0.4, -0.2) is 12.5 Å². The number of carbonyl (C=O) groups is 1. The molecular weight excluding hydrogens is 234 g/mol. The highest BCUT2D eigenvalue weighted by molar-refractivity contribution is 6.30. The van der Waals surface area contributed by atoms with E-state index in [1.54, 1.807) is 0 Å². The monoisotopic (exact) mass is 253 g/mol. The van der Waals surface area contributed by atoms with E-state index in [4.69, 9.17) is 11.6 Å². The van der Waals surface area contributed by atoms with Crippen molar-refractivity contribution in [1.29, 1.82) is 0 Å². The number of benzene rings is 1. The Morgan fingerprint density at radius 3 is 2.47 bits per heavy atom. The van der Waals surface area contributed by atoms with E-state index in [0.717, 1.165) is 30.8 Å². The van der Waals surface area contributed by atoms with Crippen LogP contribution in [0.2, 0.25) is 5.02 Å². The Morgan fingerprint density at radius 2 is 1.88 bits per heavy atom. The molecule has 0 aromatic heterocycles. The highest BCUT2D eigenvalue weighted by Gasteiger charge is 2.04. The number of amides is 1. The van der Waals surface area contributed by atoms with Gasteiger partial charge in [0.1, 0.15) is 0 Å². The summed E-state index contributed by atoms with van der Waals surface area (Å²) in [6, 6.07) is 7.93. The fourth-order valence-electron chi connectivity index (χ4n) is 1.52. The van der Waals surface area contributed by atoms with Crippen LogP contribution in [0.4, 0.5) is 0 Å². The molecule has 0 radical (unpaired) electrons. The third kappa shape index (κ3) is 5.73. The maximum absolute atomic E-state index is 11.3. The molecule has 3 heteroatoms. The minimum atomic E-state index is 0.0752. The molecule has 0 aliphatic heterocycles. The smallest absolute Gasteiger partial charge is 0.222 e. The van der Waals surface area contributed by atoms with Crippen LogP contribution in [0.15, 0.2) is 24.3 Å². The summed E-state index contributed by atoms with van der Waals surface area (Å²) in [6.07, 6.45) is 3.13. The van der Waals surface area contributed by atoms with Gasteiger partial charge in [-0.25, -0.2) is 0 Å². The zero-order chi connectivity index (χ0) is 12.7. The van der Waals surface area contributed by atoms with E-state index in [1.807, 2.05) is 26.0 Å². The molecule has 2 nitrogen and oxygen atoms in total. The van der Waals surface area contributed by atoms with E-state index in [9.17, 15) is 4.79 Å². The van der Waals surface area contributed by atoms with Crippen LogP contribution in [-0.2, 0) is 11.2 Å². The third-order valence-corrected chi connectivity index (χ3v) is 2.88. The van der Waals surface area contributed by atoms with Gasteiger partial charge in [0, 0.05) is 17.5 Å². The maximum atomic E-state index is 11.3. The summed E-state index contributed by atoms with van der Waals surface area (Å²) in [6.45, 7) is 4.58. The summed E-state index contributed by atoms with van der Waals surface area (Å²) in [5.41, 5.74) is 1.30. The van der Waals surface area contributed by atoms with Crippen molar-refractivity contribution in [1.82, 2.24) is 5.32 Å². The Morgan fingerprint density at radius 1 is 1.24 bits per heavy atom.